The van der Waals surface area contributed by atoms with Crippen LogP contribution >= 0.6 is 11.3 Å². The summed E-state index contributed by atoms with van der Waals surface area (Å²) < 4.78 is 5.22. The van der Waals surface area contributed by atoms with Crippen molar-refractivity contribution in [2.24, 2.45) is 0 Å². The van der Waals surface area contributed by atoms with E-state index >= 15 is 0 Å². The van der Waals surface area contributed by atoms with Crippen molar-refractivity contribution < 1.29 is 14.6 Å². The number of hydrogen-bond donors (Lipinski definition) is 1. The first-order valence-corrected chi connectivity index (χ1v) is 5.30. The monoisotopic (exact) mass is 213 g/mol. The topological polar surface area (TPSA) is 49.8 Å². The van der Waals surface area contributed by atoms with Gasteiger partial charge in [-0.3, -0.25) is 0 Å². The zero-order valence-corrected chi connectivity index (χ0v) is 8.42. The van der Waals surface area contributed by atoms with Crippen molar-refractivity contribution in [2.75, 3.05) is 31.2 Å². The van der Waals surface area contributed by atoms with Crippen LogP contribution in [-0.2, 0) is 4.74 Å². The fourth-order valence-corrected chi connectivity index (χ4v) is 2.18. The summed E-state index contributed by atoms with van der Waals surface area (Å²) in [5, 5.41) is 10.6. The summed E-state index contributed by atoms with van der Waals surface area (Å²) in [5.74, 6) is -0.852. The average molecular weight is 213 g/mol. The number of ether oxygens (including phenoxy) is 1. The first-order chi connectivity index (χ1) is 6.77. The third-order valence-electron chi connectivity index (χ3n) is 2.17. The summed E-state index contributed by atoms with van der Waals surface area (Å²) in [6.45, 7) is 3.13. The maximum absolute atomic E-state index is 10.7. The predicted octanol–water partition coefficient (Wildman–Crippen LogP) is 1.28. The summed E-state index contributed by atoms with van der Waals surface area (Å²) in [7, 11) is 0. The number of anilines is 1. The molecule has 0 spiro atoms. The molecule has 1 aliphatic heterocycles. The molecule has 4 nitrogen and oxygen atoms in total. The van der Waals surface area contributed by atoms with Gasteiger partial charge < -0.3 is 14.7 Å². The van der Waals surface area contributed by atoms with Gasteiger partial charge >= 0.3 is 5.97 Å². The summed E-state index contributed by atoms with van der Waals surface area (Å²) in [5.41, 5.74) is 0.996. The van der Waals surface area contributed by atoms with Gasteiger partial charge in [0.05, 0.1) is 13.2 Å². The lowest BCUT2D eigenvalue weighted by Crippen LogP contribution is -2.35. The van der Waals surface area contributed by atoms with Crippen molar-refractivity contribution in [2.45, 2.75) is 0 Å². The summed E-state index contributed by atoms with van der Waals surface area (Å²) in [4.78, 5) is 13.2. The smallest absolute Gasteiger partial charge is 0.345 e. The average Bonchev–Trinajstić information content (AvgIpc) is 2.68. The minimum absolute atomic E-state index is 0.395. The fraction of sp³-hybridized carbons (Fsp3) is 0.444. The number of rotatable bonds is 2. The van der Waals surface area contributed by atoms with Gasteiger partial charge in [0.25, 0.3) is 0 Å². The molecule has 0 radical (unpaired) electrons. The first kappa shape index (κ1) is 9.48. The van der Waals surface area contributed by atoms with Gasteiger partial charge in [-0.15, -0.1) is 11.3 Å². The number of carboxylic acid groups (broad SMARTS) is 1. The molecular formula is C9H11NO3S. The van der Waals surface area contributed by atoms with E-state index < -0.39 is 5.97 Å². The van der Waals surface area contributed by atoms with Gasteiger partial charge in [0.1, 0.15) is 4.88 Å². The number of nitrogens with zero attached hydrogens (tertiary/aromatic N) is 1. The largest absolute Gasteiger partial charge is 0.477 e. The zero-order valence-electron chi connectivity index (χ0n) is 7.60. The van der Waals surface area contributed by atoms with E-state index in [1.807, 2.05) is 5.38 Å². The van der Waals surface area contributed by atoms with E-state index in [-0.39, 0.29) is 0 Å². The molecule has 0 amide bonds. The lowest BCUT2D eigenvalue weighted by Gasteiger charge is -2.27. The maximum atomic E-state index is 10.7. The van der Waals surface area contributed by atoms with Crippen molar-refractivity contribution in [1.82, 2.24) is 0 Å². The number of carboxylic acids is 1. The van der Waals surface area contributed by atoms with Crippen LogP contribution in [0.4, 0.5) is 5.69 Å². The molecular weight excluding hydrogens is 202 g/mol. The predicted molar refractivity (Wildman–Crippen MR) is 54.3 cm³/mol. The molecule has 1 saturated heterocycles. The van der Waals surface area contributed by atoms with Crippen molar-refractivity contribution in [3.8, 4) is 0 Å². The minimum atomic E-state index is -0.852. The molecule has 0 saturated carbocycles. The van der Waals surface area contributed by atoms with Crippen LogP contribution in [0.5, 0.6) is 0 Å². The molecule has 0 bridgehead atoms. The molecule has 1 aromatic heterocycles. The molecule has 1 fully saturated rings. The lowest BCUT2D eigenvalue weighted by atomic mass is 10.3. The second-order valence-electron chi connectivity index (χ2n) is 3.07. The van der Waals surface area contributed by atoms with Gasteiger partial charge in [-0.1, -0.05) is 0 Å². The van der Waals surface area contributed by atoms with Crippen LogP contribution in [0, 0.1) is 0 Å². The number of thiophene rings is 1. The fourth-order valence-electron chi connectivity index (χ4n) is 1.43. The molecule has 0 aliphatic carbocycles. The van der Waals surface area contributed by atoms with Gasteiger partial charge in [-0.05, 0) is 6.07 Å². The molecule has 2 rings (SSSR count). The van der Waals surface area contributed by atoms with Crippen molar-refractivity contribution in [1.29, 1.82) is 0 Å². The maximum Gasteiger partial charge on any atom is 0.345 e. The Balaban J connectivity index is 2.11. The SMILES string of the molecule is O=C(O)c1cc(N2CCOCC2)cs1. The number of carbonyl (C=O) groups is 1. The van der Waals surface area contributed by atoms with E-state index in [9.17, 15) is 4.79 Å². The number of morpholine rings is 1. The summed E-state index contributed by atoms with van der Waals surface area (Å²) in [6, 6.07) is 1.72. The lowest BCUT2D eigenvalue weighted by molar-refractivity contribution is 0.0702. The zero-order chi connectivity index (χ0) is 9.97. The van der Waals surface area contributed by atoms with Crippen LogP contribution < -0.4 is 4.90 Å². The van der Waals surface area contributed by atoms with E-state index in [0.29, 0.717) is 4.88 Å². The third kappa shape index (κ3) is 1.88. The van der Waals surface area contributed by atoms with Crippen LogP contribution in [0.2, 0.25) is 0 Å². The quantitative estimate of drug-likeness (QED) is 0.804. The van der Waals surface area contributed by atoms with Crippen LogP contribution in [0.1, 0.15) is 9.67 Å². The normalized spacial score (nSPS) is 17.0. The second-order valence-corrected chi connectivity index (χ2v) is 3.98. The Labute approximate surface area is 85.7 Å². The van der Waals surface area contributed by atoms with Crippen molar-refractivity contribution in [3.63, 3.8) is 0 Å². The highest BCUT2D eigenvalue weighted by atomic mass is 32.1. The van der Waals surface area contributed by atoms with Crippen molar-refractivity contribution in [3.05, 3.63) is 16.3 Å². The molecule has 0 unspecified atom stereocenters. The van der Waals surface area contributed by atoms with Gasteiger partial charge in [0, 0.05) is 24.2 Å². The minimum Gasteiger partial charge on any atom is -0.477 e. The first-order valence-electron chi connectivity index (χ1n) is 4.42. The third-order valence-corrected chi connectivity index (χ3v) is 3.08. The number of aromatic carboxylic acids is 1. The van der Waals surface area contributed by atoms with Gasteiger partial charge in [0.15, 0.2) is 0 Å². The molecule has 1 aromatic rings. The Kier molecular flexibility index (Phi) is 2.69. The Bertz CT molecular complexity index is 331. The molecule has 1 aliphatic rings. The van der Waals surface area contributed by atoms with E-state index in [1.54, 1.807) is 6.07 Å². The molecule has 76 valence electrons. The second kappa shape index (κ2) is 3.98. The van der Waals surface area contributed by atoms with Crippen molar-refractivity contribution >= 4 is 23.0 Å². The van der Waals surface area contributed by atoms with Crippen LogP contribution in [-0.4, -0.2) is 37.4 Å². The Morgan fingerprint density at radius 3 is 2.79 bits per heavy atom. The van der Waals surface area contributed by atoms with E-state index in [4.69, 9.17) is 9.84 Å². The van der Waals surface area contributed by atoms with E-state index in [1.165, 1.54) is 11.3 Å². The molecule has 14 heavy (non-hydrogen) atoms. The highest BCUT2D eigenvalue weighted by Crippen LogP contribution is 2.23. The van der Waals surface area contributed by atoms with E-state index in [2.05, 4.69) is 4.90 Å². The Morgan fingerprint density at radius 2 is 2.21 bits per heavy atom. The summed E-state index contributed by atoms with van der Waals surface area (Å²) in [6.07, 6.45) is 0. The molecule has 0 aromatic carbocycles. The molecule has 2 heterocycles. The Morgan fingerprint density at radius 1 is 1.50 bits per heavy atom. The van der Waals surface area contributed by atoms with Gasteiger partial charge in [-0.25, -0.2) is 4.79 Å². The molecule has 5 heteroatoms. The highest BCUT2D eigenvalue weighted by molar-refractivity contribution is 7.12. The molecule has 0 atom stereocenters. The standard InChI is InChI=1S/C9H11NO3S/c11-9(12)8-5-7(6-14-8)10-1-3-13-4-2-10/h5-6H,1-4H2,(H,11,12). The molecule has 1 N–H and O–H groups in total. The van der Waals surface area contributed by atoms with Gasteiger partial charge in [-0.2, -0.15) is 0 Å². The highest BCUT2D eigenvalue weighted by Gasteiger charge is 2.14. The van der Waals surface area contributed by atoms with Crippen LogP contribution in [0.25, 0.3) is 0 Å². The van der Waals surface area contributed by atoms with Crippen LogP contribution in [0.15, 0.2) is 11.4 Å². The van der Waals surface area contributed by atoms with Gasteiger partial charge in [0.2, 0.25) is 0 Å². The number of hydrogen-bond acceptors (Lipinski definition) is 4. The van der Waals surface area contributed by atoms with Crippen LogP contribution in [0.3, 0.4) is 0 Å². The Hall–Kier alpha value is -1.07. The van der Waals surface area contributed by atoms with E-state index in [0.717, 1.165) is 32.0 Å². The summed E-state index contributed by atoms with van der Waals surface area (Å²) >= 11 is 1.27.